The van der Waals surface area contributed by atoms with Crippen molar-refractivity contribution in [2.45, 2.75) is 39.8 Å². The number of aromatic nitrogens is 4. The van der Waals surface area contributed by atoms with Crippen LogP contribution in [0.3, 0.4) is 0 Å². The van der Waals surface area contributed by atoms with Gasteiger partial charge in [0, 0.05) is 23.2 Å². The number of imidazole rings is 2. The number of halogens is 3. The van der Waals surface area contributed by atoms with E-state index in [1.165, 1.54) is 0 Å². The molecule has 3 heterocycles. The molecule has 0 saturated heterocycles. The molecule has 202 valence electrons. The molecule has 2 aromatic carbocycles. The van der Waals surface area contributed by atoms with E-state index in [9.17, 15) is 0 Å². The summed E-state index contributed by atoms with van der Waals surface area (Å²) < 4.78 is 0. The summed E-state index contributed by atoms with van der Waals surface area (Å²) in [6.45, 7) is 8.02. The zero-order chi connectivity index (χ0) is 24.7. The molecule has 8 nitrogen and oxygen atoms in total. The minimum Gasteiger partial charge on any atom is -0.383 e. The Morgan fingerprint density at radius 2 is 1.08 bits per heavy atom. The highest BCUT2D eigenvalue weighted by atomic mass is 127. The summed E-state index contributed by atoms with van der Waals surface area (Å²) in [6, 6.07) is 16.2. The number of thiophene rings is 1. The van der Waals surface area contributed by atoms with Crippen molar-refractivity contribution in [2.24, 2.45) is 21.5 Å². The van der Waals surface area contributed by atoms with Crippen molar-refractivity contribution < 1.29 is 0 Å². The lowest BCUT2D eigenvalue weighted by Crippen LogP contribution is -2.15. The van der Waals surface area contributed by atoms with E-state index >= 15 is 0 Å². The van der Waals surface area contributed by atoms with Crippen LogP contribution < -0.4 is 11.5 Å². The van der Waals surface area contributed by atoms with Gasteiger partial charge in [-0.1, -0.05) is 0 Å². The topological polar surface area (TPSA) is 134 Å². The van der Waals surface area contributed by atoms with Crippen molar-refractivity contribution in [2.75, 3.05) is 0 Å². The van der Waals surface area contributed by atoms with E-state index in [-0.39, 0.29) is 84.0 Å². The number of nitrogens with zero attached hydrogens (tertiary/aromatic N) is 4. The second kappa shape index (κ2) is 13.5. The lowest BCUT2D eigenvalue weighted by Gasteiger charge is -2.03. The third-order valence-corrected chi connectivity index (χ3v) is 6.52. The molecule has 0 aliphatic rings. The molecule has 38 heavy (non-hydrogen) atoms. The molecular formula is C26H31I3N8S. The SMILES string of the molecule is CC(C)N=C(N)c1ccc2nc(-c3ccc(-c4nc5ccc(C(N)=NC(C)C)cc5[nH]4)s3)[nH]c2c1.I.I.I. The van der Waals surface area contributed by atoms with Crippen LogP contribution in [0.2, 0.25) is 0 Å². The van der Waals surface area contributed by atoms with Gasteiger partial charge in [-0.15, -0.1) is 83.3 Å². The van der Waals surface area contributed by atoms with Gasteiger partial charge in [0.1, 0.15) is 23.3 Å². The highest BCUT2D eigenvalue weighted by Gasteiger charge is 2.14. The first kappa shape index (κ1) is 32.4. The first-order valence-corrected chi connectivity index (χ1v) is 12.4. The Kier molecular flexibility index (Phi) is 11.5. The number of rotatable bonds is 6. The molecule has 0 saturated carbocycles. The zero-order valence-corrected chi connectivity index (χ0v) is 29.2. The number of aromatic amines is 2. The van der Waals surface area contributed by atoms with Gasteiger partial charge in [0.05, 0.1) is 31.8 Å². The molecular weight excluding hydrogens is 837 g/mol. The average Bonchev–Trinajstić information content (AvgIpc) is 3.54. The van der Waals surface area contributed by atoms with Crippen molar-refractivity contribution in [3.05, 3.63) is 59.7 Å². The lowest BCUT2D eigenvalue weighted by atomic mass is 10.2. The number of benzene rings is 2. The van der Waals surface area contributed by atoms with Gasteiger partial charge < -0.3 is 21.4 Å². The largest absolute Gasteiger partial charge is 0.383 e. The first-order chi connectivity index (χ1) is 16.8. The Labute approximate surface area is 276 Å². The minimum atomic E-state index is 0. The van der Waals surface area contributed by atoms with Crippen molar-refractivity contribution in [1.29, 1.82) is 0 Å². The zero-order valence-electron chi connectivity index (χ0n) is 21.4. The Balaban J connectivity index is 0.00000169. The van der Waals surface area contributed by atoms with Crippen molar-refractivity contribution >= 4 is 117 Å². The smallest absolute Gasteiger partial charge is 0.148 e. The summed E-state index contributed by atoms with van der Waals surface area (Å²) in [4.78, 5) is 27.3. The predicted molar refractivity (Wildman–Crippen MR) is 192 cm³/mol. The van der Waals surface area contributed by atoms with E-state index in [2.05, 4.69) is 32.1 Å². The third kappa shape index (κ3) is 7.04. The maximum Gasteiger partial charge on any atom is 0.148 e. The molecule has 0 aliphatic carbocycles. The number of amidine groups is 2. The maximum absolute atomic E-state index is 6.15. The van der Waals surface area contributed by atoms with Crippen LogP contribution in [-0.2, 0) is 0 Å². The molecule has 0 atom stereocenters. The van der Waals surface area contributed by atoms with E-state index in [0.29, 0.717) is 11.7 Å². The van der Waals surface area contributed by atoms with E-state index in [0.717, 1.165) is 54.6 Å². The van der Waals surface area contributed by atoms with E-state index in [1.807, 2.05) is 64.1 Å². The molecule has 0 aliphatic heterocycles. The number of hydrogen-bond donors (Lipinski definition) is 4. The Morgan fingerprint density at radius 3 is 1.45 bits per heavy atom. The Morgan fingerprint density at radius 1 is 0.684 bits per heavy atom. The number of fused-ring (bicyclic) bond motifs is 2. The van der Waals surface area contributed by atoms with Gasteiger partial charge in [0.2, 0.25) is 0 Å². The summed E-state index contributed by atoms with van der Waals surface area (Å²) in [5.74, 6) is 2.68. The Hall–Kier alpha value is -1.79. The van der Waals surface area contributed by atoms with Gasteiger partial charge in [-0.2, -0.15) is 0 Å². The van der Waals surface area contributed by atoms with Crippen molar-refractivity contribution in [1.82, 2.24) is 19.9 Å². The summed E-state index contributed by atoms with van der Waals surface area (Å²) in [6.07, 6.45) is 0. The fourth-order valence-corrected chi connectivity index (χ4v) is 4.76. The van der Waals surface area contributed by atoms with Gasteiger partial charge >= 0.3 is 0 Å². The van der Waals surface area contributed by atoms with Crippen LogP contribution in [0.1, 0.15) is 38.8 Å². The normalized spacial score (nSPS) is 12.1. The first-order valence-electron chi connectivity index (χ1n) is 11.5. The summed E-state index contributed by atoms with van der Waals surface area (Å²) in [7, 11) is 0. The predicted octanol–water partition coefficient (Wildman–Crippen LogP) is 6.92. The number of nitrogens with two attached hydrogens (primary N) is 2. The third-order valence-electron chi connectivity index (χ3n) is 5.42. The molecule has 0 unspecified atom stereocenters. The van der Waals surface area contributed by atoms with Gasteiger partial charge in [0.25, 0.3) is 0 Å². The van der Waals surface area contributed by atoms with E-state index in [4.69, 9.17) is 21.4 Å². The van der Waals surface area contributed by atoms with Crippen molar-refractivity contribution in [3.8, 4) is 21.4 Å². The molecule has 5 aromatic rings. The van der Waals surface area contributed by atoms with Crippen LogP contribution in [0.4, 0.5) is 0 Å². The van der Waals surface area contributed by atoms with Crippen LogP contribution in [0.15, 0.2) is 58.5 Å². The minimum absolute atomic E-state index is 0. The van der Waals surface area contributed by atoms with Crippen molar-refractivity contribution in [3.63, 3.8) is 0 Å². The molecule has 0 fully saturated rings. The second-order valence-electron chi connectivity index (χ2n) is 9.01. The molecule has 5 rings (SSSR count). The molecule has 0 spiro atoms. The number of hydrogen-bond acceptors (Lipinski definition) is 5. The van der Waals surface area contributed by atoms with Gasteiger partial charge in [0.15, 0.2) is 0 Å². The number of aliphatic imine (C=N–C) groups is 2. The monoisotopic (exact) mass is 868 g/mol. The molecule has 6 N–H and O–H groups in total. The lowest BCUT2D eigenvalue weighted by molar-refractivity contribution is 0.834. The van der Waals surface area contributed by atoms with Crippen LogP contribution in [0, 0.1) is 0 Å². The maximum atomic E-state index is 6.15. The van der Waals surface area contributed by atoms with Gasteiger partial charge in [-0.05, 0) is 76.2 Å². The second-order valence-corrected chi connectivity index (χ2v) is 10.1. The quantitative estimate of drug-likeness (QED) is 0.0839. The average molecular weight is 868 g/mol. The highest BCUT2D eigenvalue weighted by molar-refractivity contribution is 14.0. The fraction of sp³-hybridized carbons (Fsp3) is 0.231. The molecule has 0 amide bonds. The van der Waals surface area contributed by atoms with Gasteiger partial charge in [-0.3, -0.25) is 9.98 Å². The summed E-state index contributed by atoms with van der Waals surface area (Å²) in [5.41, 5.74) is 17.7. The standard InChI is InChI=1S/C26H28N8S.3HI/c1-13(2)29-23(27)15-5-7-17-19(11-15)33-25(31-17)21-9-10-22(35-21)26-32-18-8-6-16(12-20(18)34-26)24(28)30-14(3)4;;;/h5-14H,1-4H3,(H2,27,29)(H2,28,30)(H,31,33)(H,32,34);3*1H. The highest BCUT2D eigenvalue weighted by Crippen LogP contribution is 2.34. The molecule has 12 heteroatoms. The van der Waals surface area contributed by atoms with E-state index in [1.54, 1.807) is 11.3 Å². The fourth-order valence-electron chi connectivity index (χ4n) is 3.87. The Bertz CT molecular complexity index is 1480. The van der Waals surface area contributed by atoms with E-state index < -0.39 is 0 Å². The van der Waals surface area contributed by atoms with Gasteiger partial charge in [-0.25, -0.2) is 9.97 Å². The van der Waals surface area contributed by atoms with Crippen LogP contribution in [0.5, 0.6) is 0 Å². The summed E-state index contributed by atoms with van der Waals surface area (Å²) >= 11 is 1.62. The van der Waals surface area contributed by atoms with Crippen LogP contribution >= 0.6 is 83.3 Å². The number of H-pyrrole nitrogens is 2. The molecule has 0 radical (unpaired) electrons. The molecule has 3 aromatic heterocycles. The van der Waals surface area contributed by atoms with Crippen LogP contribution in [-0.4, -0.2) is 43.7 Å². The molecule has 0 bridgehead atoms. The number of nitrogens with one attached hydrogen (secondary N) is 2. The van der Waals surface area contributed by atoms with Crippen LogP contribution in [0.25, 0.3) is 43.5 Å². The summed E-state index contributed by atoms with van der Waals surface area (Å²) in [5, 5.41) is 0.